The summed E-state index contributed by atoms with van der Waals surface area (Å²) in [6.07, 6.45) is 1.98. The van der Waals surface area contributed by atoms with E-state index in [1.54, 1.807) is 36.4 Å². The molecule has 5 rings (SSSR count). The normalized spacial score (nSPS) is 12.9. The fourth-order valence-electron chi connectivity index (χ4n) is 5.58. The summed E-state index contributed by atoms with van der Waals surface area (Å²) in [5.74, 6) is 0.535. The lowest BCUT2D eigenvalue weighted by atomic mass is 9.91. The highest BCUT2D eigenvalue weighted by Crippen LogP contribution is 2.57. The molecule has 1 aliphatic rings. The number of amides is 1. The van der Waals surface area contributed by atoms with Gasteiger partial charge in [0.2, 0.25) is 0 Å². The number of phosphoric acid groups is 2. The van der Waals surface area contributed by atoms with Gasteiger partial charge in [0, 0.05) is 46.6 Å². The molecule has 0 bridgehead atoms. The molecule has 1 atom stereocenters. The summed E-state index contributed by atoms with van der Waals surface area (Å²) >= 11 is 1.11. The molecule has 17 heteroatoms. The largest absolute Gasteiger partial charge is 0.530 e. The van der Waals surface area contributed by atoms with E-state index in [2.05, 4.69) is 5.32 Å². The summed E-state index contributed by atoms with van der Waals surface area (Å²) in [5, 5.41) is 21.1. The summed E-state index contributed by atoms with van der Waals surface area (Å²) in [6, 6.07) is 34.2. The van der Waals surface area contributed by atoms with E-state index in [1.807, 2.05) is 78.7 Å². The topological polar surface area (TPSA) is 190 Å². The number of carbonyl (C=O) groups is 1. The van der Waals surface area contributed by atoms with Gasteiger partial charge in [-0.15, -0.1) is 0 Å². The maximum absolute atomic E-state index is 14.1. The SMILES string of the molecule is CN1c2ccccc2C(=C(OP(=O)(OCCC#N)OCCC#N)Sc2ccc(OP(=O)(O)OCCCCCCNC(=O)Oc3ccccc3)cc2)c2ccccc21. The predicted molar refractivity (Wildman–Crippen MR) is 216 cm³/mol. The van der Waals surface area contributed by atoms with E-state index in [0.717, 1.165) is 40.7 Å². The third-order valence-corrected chi connectivity index (χ3v) is 11.7. The summed E-state index contributed by atoms with van der Waals surface area (Å²) in [7, 11) is -6.89. The molecule has 4 aromatic rings. The highest BCUT2D eigenvalue weighted by Gasteiger charge is 2.35. The Bertz CT molecular complexity index is 2100. The van der Waals surface area contributed by atoms with Crippen LogP contribution < -0.4 is 19.5 Å². The molecular formula is C40H42N4O10P2S. The molecular weight excluding hydrogens is 790 g/mol. The van der Waals surface area contributed by atoms with Crippen molar-refractivity contribution in [1.29, 1.82) is 10.5 Å². The molecule has 14 nitrogen and oxygen atoms in total. The fourth-order valence-corrected chi connectivity index (χ4v) is 8.72. The van der Waals surface area contributed by atoms with E-state index >= 15 is 0 Å². The molecule has 1 aliphatic heterocycles. The summed E-state index contributed by atoms with van der Waals surface area (Å²) in [5.41, 5.74) is 3.88. The lowest BCUT2D eigenvalue weighted by molar-refractivity contribution is 0.145. The molecule has 0 aliphatic carbocycles. The molecule has 0 radical (unpaired) electrons. The zero-order valence-corrected chi connectivity index (χ0v) is 33.8. The van der Waals surface area contributed by atoms with Crippen molar-refractivity contribution < 1.29 is 46.2 Å². The van der Waals surface area contributed by atoms with E-state index in [9.17, 15) is 18.8 Å². The van der Waals surface area contributed by atoms with Crippen molar-refractivity contribution in [2.45, 2.75) is 43.4 Å². The van der Waals surface area contributed by atoms with Crippen molar-refractivity contribution in [1.82, 2.24) is 5.32 Å². The first-order valence-electron chi connectivity index (χ1n) is 18.1. The molecule has 0 fully saturated rings. The van der Waals surface area contributed by atoms with Crippen molar-refractivity contribution in [3.05, 3.63) is 119 Å². The number of thioether (sulfide) groups is 1. The number of carbonyl (C=O) groups excluding carboxylic acids is 1. The highest BCUT2D eigenvalue weighted by atomic mass is 32.2. The third-order valence-electron chi connectivity index (χ3n) is 8.20. The number of unbranched alkanes of at least 4 members (excludes halogenated alkanes) is 3. The lowest BCUT2D eigenvalue weighted by Gasteiger charge is -2.33. The monoisotopic (exact) mass is 832 g/mol. The summed E-state index contributed by atoms with van der Waals surface area (Å²) in [4.78, 5) is 24.9. The molecule has 57 heavy (non-hydrogen) atoms. The van der Waals surface area contributed by atoms with Gasteiger partial charge in [-0.1, -0.05) is 79.2 Å². The number of phosphoric ester groups is 2. The quantitative estimate of drug-likeness (QED) is 0.0349. The number of para-hydroxylation sites is 3. The number of anilines is 2. The van der Waals surface area contributed by atoms with Gasteiger partial charge >= 0.3 is 21.7 Å². The number of nitriles is 2. The number of hydrogen-bond donors (Lipinski definition) is 2. The van der Waals surface area contributed by atoms with E-state index in [0.29, 0.717) is 42.0 Å². The minimum Gasteiger partial charge on any atom is -0.410 e. The molecule has 1 amide bonds. The van der Waals surface area contributed by atoms with E-state index in [-0.39, 0.29) is 43.5 Å². The Balaban J connectivity index is 1.24. The van der Waals surface area contributed by atoms with Gasteiger partial charge in [-0.2, -0.15) is 10.5 Å². The van der Waals surface area contributed by atoms with Crippen LogP contribution in [-0.4, -0.2) is 44.4 Å². The minimum absolute atomic E-state index is 0.00939. The Morgan fingerprint density at radius 1 is 0.737 bits per heavy atom. The van der Waals surface area contributed by atoms with Crippen LogP contribution in [0.25, 0.3) is 5.57 Å². The van der Waals surface area contributed by atoms with Crippen molar-refractivity contribution >= 4 is 50.4 Å². The number of benzene rings is 4. The van der Waals surface area contributed by atoms with E-state index in [1.165, 1.54) is 12.1 Å². The van der Waals surface area contributed by atoms with Crippen molar-refractivity contribution in [3.63, 3.8) is 0 Å². The second-order valence-electron chi connectivity index (χ2n) is 12.3. The average Bonchev–Trinajstić information content (AvgIpc) is 3.20. The van der Waals surface area contributed by atoms with Crippen LogP contribution in [0.3, 0.4) is 0 Å². The van der Waals surface area contributed by atoms with Gasteiger partial charge in [-0.3, -0.25) is 18.5 Å². The van der Waals surface area contributed by atoms with Crippen LogP contribution in [0.5, 0.6) is 11.5 Å². The number of nitrogens with one attached hydrogen (secondary N) is 1. The van der Waals surface area contributed by atoms with Crippen molar-refractivity contribution in [2.24, 2.45) is 0 Å². The number of rotatable bonds is 21. The zero-order chi connectivity index (χ0) is 40.5. The van der Waals surface area contributed by atoms with Gasteiger partial charge in [0.1, 0.15) is 11.5 Å². The summed E-state index contributed by atoms with van der Waals surface area (Å²) < 4.78 is 59.9. The van der Waals surface area contributed by atoms with Crippen LogP contribution in [0.4, 0.5) is 16.2 Å². The average molecular weight is 833 g/mol. The first-order valence-corrected chi connectivity index (χ1v) is 21.8. The van der Waals surface area contributed by atoms with Crippen molar-refractivity contribution in [2.75, 3.05) is 38.3 Å². The van der Waals surface area contributed by atoms with Gasteiger partial charge in [0.25, 0.3) is 0 Å². The Morgan fingerprint density at radius 3 is 1.93 bits per heavy atom. The fraction of sp³-hybridized carbons (Fsp3) is 0.275. The molecule has 1 unspecified atom stereocenters. The second-order valence-corrected chi connectivity index (χ2v) is 16.3. The van der Waals surface area contributed by atoms with Crippen LogP contribution in [0, 0.1) is 22.7 Å². The maximum Gasteiger partial charge on any atom is 0.530 e. The van der Waals surface area contributed by atoms with Gasteiger partial charge in [0.05, 0.1) is 44.8 Å². The van der Waals surface area contributed by atoms with Crippen LogP contribution in [0.2, 0.25) is 0 Å². The molecule has 0 aromatic heterocycles. The Kier molecular flexibility index (Phi) is 16.2. The predicted octanol–water partition coefficient (Wildman–Crippen LogP) is 10.1. The highest BCUT2D eigenvalue weighted by molar-refractivity contribution is 8.03. The van der Waals surface area contributed by atoms with Gasteiger partial charge in [-0.25, -0.2) is 13.9 Å². The Morgan fingerprint density at radius 2 is 1.32 bits per heavy atom. The first-order chi connectivity index (χ1) is 27.6. The number of hydrogen-bond acceptors (Lipinski definition) is 13. The van der Waals surface area contributed by atoms with Crippen molar-refractivity contribution in [3.8, 4) is 23.6 Å². The number of fused-ring (bicyclic) bond motifs is 2. The molecule has 2 N–H and O–H groups in total. The Labute approximate surface area is 336 Å². The van der Waals surface area contributed by atoms with E-state index in [4.69, 9.17) is 37.9 Å². The molecule has 0 saturated carbocycles. The molecule has 4 aromatic carbocycles. The molecule has 0 spiro atoms. The van der Waals surface area contributed by atoms with E-state index < -0.39 is 21.7 Å². The van der Waals surface area contributed by atoms with Crippen LogP contribution in [0.1, 0.15) is 49.7 Å². The van der Waals surface area contributed by atoms with Crippen LogP contribution >= 0.6 is 27.4 Å². The Hall–Kier alpha value is -5.08. The van der Waals surface area contributed by atoms with Gasteiger partial charge in [0.15, 0.2) is 5.09 Å². The molecule has 0 saturated heterocycles. The van der Waals surface area contributed by atoms with Gasteiger partial charge in [-0.05, 0) is 61.4 Å². The first kappa shape index (κ1) is 43.1. The zero-order valence-electron chi connectivity index (χ0n) is 31.2. The van der Waals surface area contributed by atoms with Gasteiger partial charge < -0.3 is 24.0 Å². The molecule has 1 heterocycles. The maximum atomic E-state index is 14.1. The second kappa shape index (κ2) is 21.4. The third kappa shape index (κ3) is 13.0. The standard InChI is InChI=1S/C40H42N4O10P2S/c1-44-36-19-9-7-17-34(36)38(35-18-8-10-20-37(35)44)39(54-56(48,50-29-13-25-41)51-30-14-26-42)57-33-23-21-32(22-24-33)53-55(46,47)49-28-12-3-2-11-27-43-40(45)52-31-15-5-4-6-16-31/h4-10,15-24H,2-3,11-14,27-30H2,1H3,(H,43,45)(H,46,47). The van der Waals surface area contributed by atoms with Crippen LogP contribution in [0.15, 0.2) is 113 Å². The van der Waals surface area contributed by atoms with Crippen LogP contribution in [-0.2, 0) is 27.2 Å². The molecule has 298 valence electrons. The number of nitrogens with zero attached hydrogens (tertiary/aromatic N) is 3. The minimum atomic E-state index is -4.46. The lowest BCUT2D eigenvalue weighted by Crippen LogP contribution is -2.27. The summed E-state index contributed by atoms with van der Waals surface area (Å²) in [6.45, 7) is -0.0467. The number of ether oxygens (including phenoxy) is 1. The smallest absolute Gasteiger partial charge is 0.410 e.